The van der Waals surface area contributed by atoms with E-state index in [2.05, 4.69) is 4.98 Å². The summed E-state index contributed by atoms with van der Waals surface area (Å²) in [5, 5.41) is 9.25. The Balaban J connectivity index is 2.23. The fraction of sp³-hybridized carbons (Fsp3) is 0.125. The van der Waals surface area contributed by atoms with Crippen molar-refractivity contribution in [2.45, 2.75) is 0 Å². The van der Waals surface area contributed by atoms with E-state index in [9.17, 15) is 9.90 Å². The summed E-state index contributed by atoms with van der Waals surface area (Å²) in [6.07, 6.45) is 3.52. The highest BCUT2D eigenvalue weighted by Gasteiger charge is 2.15. The number of aromatic carboxylic acids is 1. The summed E-state index contributed by atoms with van der Waals surface area (Å²) in [5.74, 6) is 0.299. The van der Waals surface area contributed by atoms with Crippen LogP contribution in [0.4, 0.5) is 0 Å². The van der Waals surface area contributed by atoms with Crippen molar-refractivity contribution in [1.29, 1.82) is 0 Å². The first kappa shape index (κ1) is 13.9. The number of methoxy groups -OCH3 is 2. The van der Waals surface area contributed by atoms with Gasteiger partial charge in [0.2, 0.25) is 0 Å². The summed E-state index contributed by atoms with van der Waals surface area (Å²) >= 11 is 0. The summed E-state index contributed by atoms with van der Waals surface area (Å²) in [4.78, 5) is 15.7. The topological polar surface area (TPSA) is 73.1 Å². The van der Waals surface area contributed by atoms with Crippen molar-refractivity contribution in [3.05, 3.63) is 48.3 Å². The van der Waals surface area contributed by atoms with Crippen LogP contribution in [0.25, 0.3) is 16.9 Å². The van der Waals surface area contributed by atoms with Crippen LogP contribution in [0.5, 0.6) is 11.5 Å². The molecule has 0 saturated carbocycles. The normalized spacial score (nSPS) is 10.6. The van der Waals surface area contributed by atoms with E-state index in [0.717, 1.165) is 5.56 Å². The molecule has 22 heavy (non-hydrogen) atoms. The van der Waals surface area contributed by atoms with Gasteiger partial charge in [-0.1, -0.05) is 0 Å². The second-order valence-electron chi connectivity index (χ2n) is 4.65. The zero-order chi connectivity index (χ0) is 15.7. The number of hydrogen-bond donors (Lipinski definition) is 1. The third-order valence-electron chi connectivity index (χ3n) is 3.40. The predicted octanol–water partition coefficient (Wildman–Crippen LogP) is 2.72. The van der Waals surface area contributed by atoms with Gasteiger partial charge in [-0.25, -0.2) is 9.78 Å². The number of hydrogen-bond acceptors (Lipinski definition) is 4. The van der Waals surface area contributed by atoms with Crippen molar-refractivity contribution < 1.29 is 19.4 Å². The van der Waals surface area contributed by atoms with Crippen LogP contribution in [0, 0.1) is 0 Å². The number of carboxylic acids is 1. The summed E-state index contributed by atoms with van der Waals surface area (Å²) in [5.41, 5.74) is 1.89. The van der Waals surface area contributed by atoms with Crippen LogP contribution in [0.2, 0.25) is 0 Å². The molecule has 2 heterocycles. The van der Waals surface area contributed by atoms with Crippen molar-refractivity contribution in [3.8, 4) is 22.8 Å². The third kappa shape index (κ3) is 2.24. The third-order valence-corrected chi connectivity index (χ3v) is 3.40. The fourth-order valence-electron chi connectivity index (χ4n) is 2.32. The molecular formula is C16H14N2O4. The van der Waals surface area contributed by atoms with Gasteiger partial charge in [0.05, 0.1) is 19.9 Å². The molecule has 0 unspecified atom stereocenters. The van der Waals surface area contributed by atoms with Crippen LogP contribution in [-0.2, 0) is 0 Å². The van der Waals surface area contributed by atoms with E-state index in [0.29, 0.717) is 22.8 Å². The first-order valence-electron chi connectivity index (χ1n) is 6.57. The van der Waals surface area contributed by atoms with Crippen LogP contribution in [-0.4, -0.2) is 34.7 Å². The minimum absolute atomic E-state index is 0.149. The molecule has 0 spiro atoms. The van der Waals surface area contributed by atoms with Gasteiger partial charge in [-0.05, 0) is 30.3 Å². The molecule has 6 nitrogen and oxygen atoms in total. The highest BCUT2D eigenvalue weighted by Crippen LogP contribution is 2.33. The summed E-state index contributed by atoms with van der Waals surface area (Å²) in [6.45, 7) is 0. The number of nitrogens with zero attached hydrogens (tertiary/aromatic N) is 2. The van der Waals surface area contributed by atoms with Gasteiger partial charge in [0, 0.05) is 18.0 Å². The Labute approximate surface area is 126 Å². The van der Waals surface area contributed by atoms with E-state index in [1.54, 1.807) is 55.3 Å². The Bertz CT molecular complexity index is 854. The predicted molar refractivity (Wildman–Crippen MR) is 80.7 cm³/mol. The second-order valence-corrected chi connectivity index (χ2v) is 4.65. The first-order valence-corrected chi connectivity index (χ1v) is 6.57. The lowest BCUT2D eigenvalue weighted by molar-refractivity contribution is 0.0698. The van der Waals surface area contributed by atoms with Gasteiger partial charge in [-0.3, -0.25) is 0 Å². The number of imidazole rings is 1. The Kier molecular flexibility index (Phi) is 3.42. The van der Waals surface area contributed by atoms with Crippen molar-refractivity contribution in [2.24, 2.45) is 0 Å². The molecule has 0 aliphatic carbocycles. The smallest absolute Gasteiger partial charge is 0.339 e. The maximum absolute atomic E-state index is 11.3. The molecule has 0 saturated heterocycles. The van der Waals surface area contributed by atoms with Crippen molar-refractivity contribution in [1.82, 2.24) is 9.38 Å². The number of carbonyl (C=O) groups is 1. The van der Waals surface area contributed by atoms with Crippen LogP contribution in [0.3, 0.4) is 0 Å². The van der Waals surface area contributed by atoms with E-state index in [1.165, 1.54) is 6.07 Å². The average Bonchev–Trinajstić information content (AvgIpc) is 2.97. The molecule has 2 aromatic heterocycles. The number of pyridine rings is 1. The zero-order valence-corrected chi connectivity index (χ0v) is 12.1. The van der Waals surface area contributed by atoms with Crippen LogP contribution in [0.15, 0.2) is 42.7 Å². The van der Waals surface area contributed by atoms with E-state index in [-0.39, 0.29) is 5.56 Å². The molecule has 0 fully saturated rings. The summed E-state index contributed by atoms with van der Waals surface area (Å²) < 4.78 is 12.3. The number of carboxylic acid groups (broad SMARTS) is 1. The lowest BCUT2D eigenvalue weighted by Crippen LogP contribution is -1.99. The van der Waals surface area contributed by atoms with Crippen molar-refractivity contribution in [3.63, 3.8) is 0 Å². The number of aromatic nitrogens is 2. The zero-order valence-electron chi connectivity index (χ0n) is 12.1. The van der Waals surface area contributed by atoms with Gasteiger partial charge >= 0.3 is 5.97 Å². The van der Waals surface area contributed by atoms with E-state index < -0.39 is 5.97 Å². The fourth-order valence-corrected chi connectivity index (χ4v) is 2.32. The number of benzene rings is 1. The molecule has 0 aliphatic rings. The second kappa shape index (κ2) is 5.40. The molecule has 0 aliphatic heterocycles. The highest BCUT2D eigenvalue weighted by atomic mass is 16.5. The monoisotopic (exact) mass is 298 g/mol. The van der Waals surface area contributed by atoms with Gasteiger partial charge in [-0.15, -0.1) is 0 Å². The van der Waals surface area contributed by atoms with Crippen molar-refractivity contribution >= 4 is 11.6 Å². The van der Waals surface area contributed by atoms with Gasteiger partial charge in [-0.2, -0.15) is 0 Å². The molecule has 0 atom stereocenters. The lowest BCUT2D eigenvalue weighted by Gasteiger charge is -2.08. The summed E-state index contributed by atoms with van der Waals surface area (Å²) in [6, 6.07) is 8.58. The average molecular weight is 298 g/mol. The highest BCUT2D eigenvalue weighted by molar-refractivity contribution is 5.94. The number of rotatable bonds is 4. The standard InChI is InChI=1S/C16H14N2O4/c1-21-10-5-6-14(22-2)12(8-10)13-9-18-7-3-4-11(16(19)20)15(18)17-13/h3-9H,1-2H3,(H,19,20). The van der Waals surface area contributed by atoms with Crippen LogP contribution in [0.1, 0.15) is 10.4 Å². The molecule has 0 radical (unpaired) electrons. The molecule has 0 amide bonds. The van der Waals surface area contributed by atoms with E-state index in [4.69, 9.17) is 9.47 Å². The lowest BCUT2D eigenvalue weighted by atomic mass is 10.1. The van der Waals surface area contributed by atoms with E-state index in [1.807, 2.05) is 0 Å². The molecule has 1 N–H and O–H groups in total. The van der Waals surface area contributed by atoms with Gasteiger partial charge < -0.3 is 19.0 Å². The van der Waals surface area contributed by atoms with E-state index >= 15 is 0 Å². The molecule has 3 rings (SSSR count). The quantitative estimate of drug-likeness (QED) is 0.801. The van der Waals surface area contributed by atoms with Crippen LogP contribution < -0.4 is 9.47 Å². The molecule has 0 bridgehead atoms. The maximum Gasteiger partial charge on any atom is 0.339 e. The van der Waals surface area contributed by atoms with Gasteiger partial charge in [0.15, 0.2) is 5.65 Å². The molecule has 6 heteroatoms. The first-order chi connectivity index (χ1) is 10.6. The molecular weight excluding hydrogens is 284 g/mol. The van der Waals surface area contributed by atoms with Crippen molar-refractivity contribution in [2.75, 3.05) is 14.2 Å². The Morgan fingerprint density at radius 2 is 2.05 bits per heavy atom. The minimum atomic E-state index is -1.01. The maximum atomic E-state index is 11.3. The molecule has 1 aromatic carbocycles. The van der Waals surface area contributed by atoms with Gasteiger partial charge in [0.1, 0.15) is 17.1 Å². The number of ether oxygens (including phenoxy) is 2. The molecule has 3 aromatic rings. The minimum Gasteiger partial charge on any atom is -0.497 e. The molecule has 112 valence electrons. The SMILES string of the molecule is COc1ccc(OC)c(-c2cn3cccc(C(=O)O)c3n2)c1. The van der Waals surface area contributed by atoms with Crippen LogP contribution >= 0.6 is 0 Å². The summed E-state index contributed by atoms with van der Waals surface area (Å²) in [7, 11) is 3.15. The number of fused-ring (bicyclic) bond motifs is 1. The Morgan fingerprint density at radius 3 is 2.73 bits per heavy atom. The Morgan fingerprint density at radius 1 is 1.23 bits per heavy atom. The Hall–Kier alpha value is -3.02. The van der Waals surface area contributed by atoms with Gasteiger partial charge in [0.25, 0.3) is 0 Å². The largest absolute Gasteiger partial charge is 0.497 e.